The molecule has 0 aliphatic carbocycles. The molecule has 0 aliphatic rings. The van der Waals surface area contributed by atoms with E-state index in [1.54, 1.807) is 19.2 Å². The average molecular weight is 375 g/mol. The Balaban J connectivity index is 2.22. The van der Waals surface area contributed by atoms with Crippen LogP contribution >= 0.6 is 0 Å². The minimum absolute atomic E-state index is 0.113. The highest BCUT2D eigenvalue weighted by Gasteiger charge is 2.14. The molecule has 0 amide bonds. The molecule has 8 heteroatoms. The van der Waals surface area contributed by atoms with Crippen molar-refractivity contribution in [3.63, 3.8) is 0 Å². The molecule has 6 nitrogen and oxygen atoms in total. The zero-order valence-electron chi connectivity index (χ0n) is 14.9. The molecule has 27 heavy (non-hydrogen) atoms. The van der Waals surface area contributed by atoms with Crippen LogP contribution < -0.4 is 16.6 Å². The van der Waals surface area contributed by atoms with Crippen LogP contribution in [0.1, 0.15) is 11.1 Å². The fourth-order valence-electron chi connectivity index (χ4n) is 3.05. The monoisotopic (exact) mass is 375 g/mol. The lowest BCUT2D eigenvalue weighted by Gasteiger charge is -2.15. The van der Waals surface area contributed by atoms with Crippen molar-refractivity contribution in [2.45, 2.75) is 6.42 Å². The molecule has 0 bridgehead atoms. The fourth-order valence-corrected chi connectivity index (χ4v) is 3.05. The maximum Gasteiger partial charge on any atom is 0.330 e. The molecule has 0 aliphatic heterocycles. The lowest BCUT2D eigenvalue weighted by molar-refractivity contribution is 0.311. The van der Waals surface area contributed by atoms with Crippen molar-refractivity contribution >= 4 is 16.6 Å². The number of aromatic nitrogens is 2. The second kappa shape index (κ2) is 7.32. The average Bonchev–Trinajstić information content (AvgIpc) is 2.65. The molecule has 0 atom stereocenters. The van der Waals surface area contributed by atoms with Gasteiger partial charge in [-0.25, -0.2) is 13.6 Å². The van der Waals surface area contributed by atoms with Gasteiger partial charge in [0.25, 0.3) is 5.56 Å². The van der Waals surface area contributed by atoms with Gasteiger partial charge in [0.05, 0.1) is 17.5 Å². The summed E-state index contributed by atoms with van der Waals surface area (Å²) in [7, 11) is 2.95. The maximum absolute atomic E-state index is 14.1. The number of aliphatic hydroxyl groups excluding tert-OH is 1. The standard InChI is InChI=1S/C19H19F2N3O3/c1-23-17-10-16(22-5-6-25)12(7-11-3-4-13(20)9-15(11)21)8-14(17)18(26)24(2)19(23)27/h3-4,8-10,22,25H,5-7H2,1-2H3. The summed E-state index contributed by atoms with van der Waals surface area (Å²) in [6.45, 7) is 0.112. The third kappa shape index (κ3) is 3.48. The quantitative estimate of drug-likeness (QED) is 0.709. The Labute approximate surface area is 153 Å². The van der Waals surface area contributed by atoms with E-state index in [1.165, 1.54) is 23.7 Å². The lowest BCUT2D eigenvalue weighted by Crippen LogP contribution is -2.37. The number of fused-ring (bicyclic) bond motifs is 1. The van der Waals surface area contributed by atoms with Crippen LogP contribution in [0.3, 0.4) is 0 Å². The first-order valence-electron chi connectivity index (χ1n) is 8.34. The van der Waals surface area contributed by atoms with E-state index in [9.17, 15) is 18.4 Å². The van der Waals surface area contributed by atoms with Gasteiger partial charge in [-0.3, -0.25) is 13.9 Å². The summed E-state index contributed by atoms with van der Waals surface area (Å²) >= 11 is 0. The smallest absolute Gasteiger partial charge is 0.330 e. The second-order valence-electron chi connectivity index (χ2n) is 6.30. The summed E-state index contributed by atoms with van der Waals surface area (Å²) < 4.78 is 29.6. The maximum atomic E-state index is 14.1. The third-order valence-corrected chi connectivity index (χ3v) is 4.52. The van der Waals surface area contributed by atoms with E-state index in [-0.39, 0.29) is 25.1 Å². The molecule has 3 aromatic rings. The van der Waals surface area contributed by atoms with Gasteiger partial charge in [0.2, 0.25) is 0 Å². The topological polar surface area (TPSA) is 76.3 Å². The number of aliphatic hydroxyl groups is 1. The highest BCUT2D eigenvalue weighted by atomic mass is 19.1. The summed E-state index contributed by atoms with van der Waals surface area (Å²) in [6, 6.07) is 6.55. The first-order valence-corrected chi connectivity index (χ1v) is 8.34. The zero-order chi connectivity index (χ0) is 19.7. The highest BCUT2D eigenvalue weighted by Crippen LogP contribution is 2.25. The van der Waals surface area contributed by atoms with Gasteiger partial charge < -0.3 is 10.4 Å². The van der Waals surface area contributed by atoms with Crippen molar-refractivity contribution in [3.05, 3.63) is 73.9 Å². The minimum Gasteiger partial charge on any atom is -0.395 e. The summed E-state index contributed by atoms with van der Waals surface area (Å²) in [5, 5.41) is 12.4. The Bertz CT molecular complexity index is 1140. The normalized spacial score (nSPS) is 11.1. The number of aryl methyl sites for hydroxylation is 1. The van der Waals surface area contributed by atoms with E-state index >= 15 is 0 Å². The van der Waals surface area contributed by atoms with E-state index in [0.29, 0.717) is 22.2 Å². The molecule has 0 unspecified atom stereocenters. The van der Waals surface area contributed by atoms with Crippen molar-refractivity contribution in [3.8, 4) is 0 Å². The Hall–Kier alpha value is -3.00. The number of rotatable bonds is 5. The first kappa shape index (κ1) is 18.8. The van der Waals surface area contributed by atoms with Crippen LogP contribution in [-0.2, 0) is 20.5 Å². The predicted molar refractivity (Wildman–Crippen MR) is 99.2 cm³/mol. The Kier molecular flexibility index (Phi) is 5.09. The number of nitrogens with one attached hydrogen (secondary N) is 1. The van der Waals surface area contributed by atoms with Crippen molar-refractivity contribution in [1.82, 2.24) is 9.13 Å². The zero-order valence-corrected chi connectivity index (χ0v) is 14.9. The minimum atomic E-state index is -0.684. The van der Waals surface area contributed by atoms with Crippen LogP contribution in [0.2, 0.25) is 0 Å². The molecule has 1 heterocycles. The SMILES string of the molecule is Cn1c(=O)c2cc(Cc3ccc(F)cc3F)c(NCCO)cc2n(C)c1=O. The molecular weight excluding hydrogens is 356 g/mol. The third-order valence-electron chi connectivity index (χ3n) is 4.52. The van der Waals surface area contributed by atoms with Crippen LogP contribution in [0.25, 0.3) is 10.9 Å². The fraction of sp³-hybridized carbons (Fsp3) is 0.263. The molecule has 2 aromatic carbocycles. The number of hydrogen-bond acceptors (Lipinski definition) is 4. The van der Waals surface area contributed by atoms with Gasteiger partial charge in [-0.15, -0.1) is 0 Å². The van der Waals surface area contributed by atoms with Crippen LogP contribution in [0, 0.1) is 11.6 Å². The predicted octanol–water partition coefficient (Wildman–Crippen LogP) is 1.51. The van der Waals surface area contributed by atoms with Crippen LogP contribution in [0.5, 0.6) is 0 Å². The summed E-state index contributed by atoms with van der Waals surface area (Å²) in [4.78, 5) is 24.7. The second-order valence-corrected chi connectivity index (χ2v) is 6.30. The molecule has 0 radical (unpaired) electrons. The molecule has 0 saturated carbocycles. The molecule has 1 aromatic heterocycles. The Morgan fingerprint density at radius 1 is 1.04 bits per heavy atom. The van der Waals surface area contributed by atoms with E-state index in [0.717, 1.165) is 10.6 Å². The first-order chi connectivity index (χ1) is 12.8. The van der Waals surface area contributed by atoms with E-state index in [2.05, 4.69) is 5.32 Å². The number of halogens is 2. The Morgan fingerprint density at radius 2 is 1.78 bits per heavy atom. The number of anilines is 1. The molecule has 2 N–H and O–H groups in total. The van der Waals surface area contributed by atoms with Gasteiger partial charge in [-0.05, 0) is 29.3 Å². The molecule has 0 saturated heterocycles. The van der Waals surface area contributed by atoms with Gasteiger partial charge in [-0.1, -0.05) is 6.07 Å². The van der Waals surface area contributed by atoms with Gasteiger partial charge in [0.1, 0.15) is 11.6 Å². The van der Waals surface area contributed by atoms with E-state index < -0.39 is 22.9 Å². The molecule has 0 fully saturated rings. The van der Waals surface area contributed by atoms with Crippen LogP contribution in [0.15, 0.2) is 39.9 Å². The van der Waals surface area contributed by atoms with Gasteiger partial charge in [0.15, 0.2) is 0 Å². The summed E-state index contributed by atoms with van der Waals surface area (Å²) in [5.41, 5.74) is 0.928. The number of nitrogens with zero attached hydrogens (tertiary/aromatic N) is 2. The number of hydrogen-bond donors (Lipinski definition) is 2. The van der Waals surface area contributed by atoms with Crippen molar-refractivity contribution in [1.29, 1.82) is 0 Å². The van der Waals surface area contributed by atoms with Gasteiger partial charge >= 0.3 is 5.69 Å². The summed E-state index contributed by atoms with van der Waals surface area (Å²) in [6.07, 6.45) is 0.113. The number of benzene rings is 2. The van der Waals surface area contributed by atoms with Crippen molar-refractivity contribution in [2.75, 3.05) is 18.5 Å². The van der Waals surface area contributed by atoms with Crippen LogP contribution in [0.4, 0.5) is 14.5 Å². The molecule has 3 rings (SSSR count). The van der Waals surface area contributed by atoms with Crippen LogP contribution in [-0.4, -0.2) is 27.4 Å². The van der Waals surface area contributed by atoms with E-state index in [1.807, 2.05) is 0 Å². The van der Waals surface area contributed by atoms with Crippen molar-refractivity contribution < 1.29 is 13.9 Å². The molecule has 0 spiro atoms. The molecule has 142 valence electrons. The highest BCUT2D eigenvalue weighted by molar-refractivity contribution is 5.84. The molecular formula is C19H19F2N3O3. The van der Waals surface area contributed by atoms with E-state index in [4.69, 9.17) is 5.11 Å². The summed E-state index contributed by atoms with van der Waals surface area (Å²) in [5.74, 6) is -1.35. The Morgan fingerprint density at radius 3 is 2.44 bits per heavy atom. The largest absolute Gasteiger partial charge is 0.395 e. The van der Waals surface area contributed by atoms with Gasteiger partial charge in [0, 0.05) is 38.8 Å². The lowest BCUT2D eigenvalue weighted by atomic mass is 10.0. The van der Waals surface area contributed by atoms with Crippen molar-refractivity contribution in [2.24, 2.45) is 14.1 Å². The van der Waals surface area contributed by atoms with Gasteiger partial charge in [-0.2, -0.15) is 0 Å².